The standard InChI is InChI=1S/C32H35FN6O/c33-28-10-8-26(9-11-28)32(22-40-21-25-5-2-1-3-6-25)38-17-15-37(16-18-38)14-4-7-27-20-34-31-13-12-29(19-30(27)31)39-23-35-36-24-39/h1-3,5-6,8-13,19-20,23-24,32,34H,4,7,14-18,21-22H2. The molecule has 3 heterocycles. The van der Waals surface area contributed by atoms with Gasteiger partial charge < -0.3 is 14.6 Å². The van der Waals surface area contributed by atoms with Gasteiger partial charge in [0.25, 0.3) is 0 Å². The maximum absolute atomic E-state index is 13.6. The molecule has 2 aromatic heterocycles. The molecule has 0 amide bonds. The smallest absolute Gasteiger partial charge is 0.123 e. The average molecular weight is 539 g/mol. The highest BCUT2D eigenvalue weighted by atomic mass is 19.1. The van der Waals surface area contributed by atoms with Gasteiger partial charge in [-0.3, -0.25) is 9.47 Å². The number of nitrogens with zero attached hydrogens (tertiary/aromatic N) is 5. The van der Waals surface area contributed by atoms with E-state index in [0.717, 1.165) is 67.9 Å². The molecule has 3 aromatic carbocycles. The fourth-order valence-corrected chi connectivity index (χ4v) is 5.62. The number of rotatable bonds is 11. The summed E-state index contributed by atoms with van der Waals surface area (Å²) in [6.07, 6.45) is 7.72. The molecule has 1 N–H and O–H groups in total. The topological polar surface area (TPSA) is 62.2 Å². The van der Waals surface area contributed by atoms with E-state index in [1.165, 1.54) is 10.9 Å². The zero-order chi connectivity index (χ0) is 27.1. The molecule has 1 saturated heterocycles. The zero-order valence-electron chi connectivity index (χ0n) is 22.6. The molecule has 8 heteroatoms. The van der Waals surface area contributed by atoms with Crippen LogP contribution in [0.1, 0.15) is 29.2 Å². The van der Waals surface area contributed by atoms with Crippen molar-refractivity contribution in [3.63, 3.8) is 0 Å². The van der Waals surface area contributed by atoms with Gasteiger partial charge in [0.2, 0.25) is 0 Å². The van der Waals surface area contributed by atoms with Crippen LogP contribution in [0.3, 0.4) is 0 Å². The predicted molar refractivity (Wildman–Crippen MR) is 155 cm³/mol. The molecule has 0 radical (unpaired) electrons. The quantitative estimate of drug-likeness (QED) is 0.244. The van der Waals surface area contributed by atoms with Crippen LogP contribution in [0.25, 0.3) is 16.6 Å². The van der Waals surface area contributed by atoms with Gasteiger partial charge in [-0.05, 0) is 66.4 Å². The SMILES string of the molecule is Fc1ccc(C(COCc2ccccc2)N2CCN(CCCc3c[nH]c4ccc(-n5cnnc5)cc34)CC2)cc1. The highest BCUT2D eigenvalue weighted by Gasteiger charge is 2.25. The summed E-state index contributed by atoms with van der Waals surface area (Å²) in [5, 5.41) is 9.11. The molecule has 206 valence electrons. The molecule has 1 atom stereocenters. The lowest BCUT2D eigenvalue weighted by Crippen LogP contribution is -2.48. The number of halogens is 1. The summed E-state index contributed by atoms with van der Waals surface area (Å²) in [7, 11) is 0. The van der Waals surface area contributed by atoms with E-state index >= 15 is 0 Å². The molecule has 7 nitrogen and oxygen atoms in total. The van der Waals surface area contributed by atoms with Crippen LogP contribution in [0.2, 0.25) is 0 Å². The Morgan fingerprint density at radius 2 is 1.68 bits per heavy atom. The molecule has 1 unspecified atom stereocenters. The van der Waals surface area contributed by atoms with Crippen LogP contribution in [0.5, 0.6) is 0 Å². The number of aromatic nitrogens is 4. The number of H-pyrrole nitrogens is 1. The van der Waals surface area contributed by atoms with E-state index in [1.54, 1.807) is 24.8 Å². The Morgan fingerprint density at radius 1 is 0.900 bits per heavy atom. The van der Waals surface area contributed by atoms with Gasteiger partial charge in [0, 0.05) is 49.0 Å². The lowest BCUT2D eigenvalue weighted by molar-refractivity contribution is 0.0245. The molecule has 0 bridgehead atoms. The van der Waals surface area contributed by atoms with Crippen molar-refractivity contribution in [1.82, 2.24) is 29.5 Å². The third kappa shape index (κ3) is 6.31. The van der Waals surface area contributed by atoms with Crippen LogP contribution in [-0.2, 0) is 17.8 Å². The Bertz CT molecular complexity index is 1480. The van der Waals surface area contributed by atoms with E-state index in [1.807, 2.05) is 34.9 Å². The highest BCUT2D eigenvalue weighted by molar-refractivity contribution is 5.85. The van der Waals surface area contributed by atoms with Crippen molar-refractivity contribution in [2.45, 2.75) is 25.5 Å². The fourth-order valence-electron chi connectivity index (χ4n) is 5.62. The van der Waals surface area contributed by atoms with E-state index < -0.39 is 0 Å². The van der Waals surface area contributed by atoms with Gasteiger partial charge in [-0.1, -0.05) is 42.5 Å². The number of nitrogens with one attached hydrogen (secondary N) is 1. The Morgan fingerprint density at radius 3 is 2.45 bits per heavy atom. The molecule has 1 aliphatic heterocycles. The number of hydrogen-bond donors (Lipinski definition) is 1. The largest absolute Gasteiger partial charge is 0.375 e. The average Bonchev–Trinajstić information content (AvgIpc) is 3.68. The van der Waals surface area contributed by atoms with Gasteiger partial charge in [-0.15, -0.1) is 10.2 Å². The van der Waals surface area contributed by atoms with Crippen LogP contribution in [0.4, 0.5) is 4.39 Å². The summed E-state index contributed by atoms with van der Waals surface area (Å²) >= 11 is 0. The number of benzene rings is 3. The zero-order valence-corrected chi connectivity index (χ0v) is 22.6. The maximum Gasteiger partial charge on any atom is 0.123 e. The van der Waals surface area contributed by atoms with Gasteiger partial charge in [0.05, 0.1) is 19.3 Å². The highest BCUT2D eigenvalue weighted by Crippen LogP contribution is 2.25. The lowest BCUT2D eigenvalue weighted by Gasteiger charge is -2.39. The van der Waals surface area contributed by atoms with Gasteiger partial charge in [-0.25, -0.2) is 4.39 Å². The van der Waals surface area contributed by atoms with E-state index in [2.05, 4.69) is 61.5 Å². The lowest BCUT2D eigenvalue weighted by atomic mass is 10.0. The minimum Gasteiger partial charge on any atom is -0.375 e. The third-order valence-corrected chi connectivity index (χ3v) is 7.88. The molecule has 5 aromatic rings. The molecule has 6 rings (SSSR count). The van der Waals surface area contributed by atoms with Crippen molar-refractivity contribution in [1.29, 1.82) is 0 Å². The summed E-state index contributed by atoms with van der Waals surface area (Å²) in [5.74, 6) is -0.206. The Balaban J connectivity index is 1.03. The number of hydrogen-bond acceptors (Lipinski definition) is 5. The van der Waals surface area contributed by atoms with Crippen LogP contribution in [0, 0.1) is 5.82 Å². The summed E-state index contributed by atoms with van der Waals surface area (Å²) in [5.41, 5.74) is 5.83. The number of fused-ring (bicyclic) bond motifs is 1. The first-order valence-corrected chi connectivity index (χ1v) is 14.0. The van der Waals surface area contributed by atoms with E-state index in [-0.39, 0.29) is 11.9 Å². The first kappa shape index (κ1) is 26.4. The summed E-state index contributed by atoms with van der Waals surface area (Å²) < 4.78 is 21.7. The van der Waals surface area contributed by atoms with Crippen molar-refractivity contribution < 1.29 is 9.13 Å². The normalized spacial score (nSPS) is 15.5. The predicted octanol–water partition coefficient (Wildman–Crippen LogP) is 5.40. The second-order valence-corrected chi connectivity index (χ2v) is 10.5. The number of aromatic amines is 1. The Labute approximate surface area is 234 Å². The van der Waals surface area contributed by atoms with E-state index in [4.69, 9.17) is 4.74 Å². The number of piperazine rings is 1. The number of aryl methyl sites for hydroxylation is 1. The fraction of sp³-hybridized carbons (Fsp3) is 0.312. The van der Waals surface area contributed by atoms with Crippen molar-refractivity contribution in [3.05, 3.63) is 114 Å². The van der Waals surface area contributed by atoms with Crippen molar-refractivity contribution in [2.24, 2.45) is 0 Å². The van der Waals surface area contributed by atoms with Crippen molar-refractivity contribution >= 4 is 10.9 Å². The van der Waals surface area contributed by atoms with Crippen LogP contribution < -0.4 is 0 Å². The summed E-state index contributed by atoms with van der Waals surface area (Å²) in [4.78, 5) is 8.46. The third-order valence-electron chi connectivity index (χ3n) is 7.88. The van der Waals surface area contributed by atoms with Gasteiger partial charge >= 0.3 is 0 Å². The Hall–Kier alpha value is -3.85. The second kappa shape index (κ2) is 12.6. The molecule has 0 saturated carbocycles. The van der Waals surface area contributed by atoms with Gasteiger partial charge in [0.1, 0.15) is 18.5 Å². The van der Waals surface area contributed by atoms with Crippen LogP contribution in [-0.4, -0.2) is 68.9 Å². The first-order chi connectivity index (χ1) is 19.7. The summed E-state index contributed by atoms with van der Waals surface area (Å²) in [6, 6.07) is 23.7. The molecule has 0 spiro atoms. The van der Waals surface area contributed by atoms with Crippen molar-refractivity contribution in [2.75, 3.05) is 39.3 Å². The first-order valence-electron chi connectivity index (χ1n) is 14.0. The summed E-state index contributed by atoms with van der Waals surface area (Å²) in [6.45, 7) is 6.19. The maximum atomic E-state index is 13.6. The molecule has 1 aliphatic rings. The Kier molecular flexibility index (Phi) is 8.28. The van der Waals surface area contributed by atoms with E-state index in [9.17, 15) is 4.39 Å². The molecular weight excluding hydrogens is 503 g/mol. The van der Waals surface area contributed by atoms with E-state index in [0.29, 0.717) is 13.2 Å². The molecule has 1 fully saturated rings. The van der Waals surface area contributed by atoms with Gasteiger partial charge in [0.15, 0.2) is 0 Å². The molecule has 40 heavy (non-hydrogen) atoms. The molecule has 0 aliphatic carbocycles. The second-order valence-electron chi connectivity index (χ2n) is 10.5. The minimum absolute atomic E-state index is 0.109. The van der Waals surface area contributed by atoms with Crippen molar-refractivity contribution in [3.8, 4) is 5.69 Å². The van der Waals surface area contributed by atoms with Crippen LogP contribution in [0.15, 0.2) is 91.6 Å². The van der Waals surface area contributed by atoms with Gasteiger partial charge in [-0.2, -0.15) is 0 Å². The number of ether oxygens (including phenoxy) is 1. The monoisotopic (exact) mass is 538 g/mol. The minimum atomic E-state index is -0.206. The van der Waals surface area contributed by atoms with Crippen LogP contribution >= 0.6 is 0 Å². The molecular formula is C32H35FN6O.